The Kier molecular flexibility index (Phi) is 3.74. The molecule has 3 rings (SSSR count). The predicted octanol–water partition coefficient (Wildman–Crippen LogP) is 2.49. The Balaban J connectivity index is 1.68. The molecule has 0 unspecified atom stereocenters. The Hall–Kier alpha value is -1.42. The molecule has 3 nitrogen and oxygen atoms in total. The number of amides is 1. The van der Waals surface area contributed by atoms with Crippen molar-refractivity contribution in [1.82, 2.24) is 10.2 Å². The summed E-state index contributed by atoms with van der Waals surface area (Å²) in [6, 6.07) is 6.89. The quantitative estimate of drug-likeness (QED) is 0.920. The molecule has 0 radical (unpaired) electrons. The second-order valence-electron chi connectivity index (χ2n) is 6.06. The van der Waals surface area contributed by atoms with E-state index in [-0.39, 0.29) is 23.8 Å². The molecule has 20 heavy (non-hydrogen) atoms. The molecule has 0 spiro atoms. The van der Waals surface area contributed by atoms with Crippen molar-refractivity contribution in [1.29, 1.82) is 0 Å². The van der Waals surface area contributed by atoms with Gasteiger partial charge in [0, 0.05) is 31.6 Å². The summed E-state index contributed by atoms with van der Waals surface area (Å²) in [7, 11) is 0. The predicted molar refractivity (Wildman–Crippen MR) is 75.7 cm³/mol. The Morgan fingerprint density at radius 2 is 2.05 bits per heavy atom. The number of rotatable bonds is 3. The van der Waals surface area contributed by atoms with Crippen LogP contribution in [0.25, 0.3) is 0 Å². The van der Waals surface area contributed by atoms with E-state index in [1.165, 1.54) is 25.0 Å². The van der Waals surface area contributed by atoms with Crippen LogP contribution in [0, 0.1) is 11.7 Å². The van der Waals surface area contributed by atoms with E-state index in [0.29, 0.717) is 18.9 Å². The molecular formula is C16H21FN2O. The summed E-state index contributed by atoms with van der Waals surface area (Å²) in [6.07, 6.45) is 3.10. The van der Waals surface area contributed by atoms with Crippen LogP contribution in [0.3, 0.4) is 0 Å². The number of benzene rings is 1. The van der Waals surface area contributed by atoms with E-state index in [1.807, 2.05) is 4.90 Å². The van der Waals surface area contributed by atoms with Crippen LogP contribution in [0.1, 0.15) is 37.8 Å². The Morgan fingerprint density at radius 1 is 1.35 bits per heavy atom. The standard InChI is InChI=1S/C16H21FN2O/c1-11-9-18-15(13-4-6-14(17)7-5-13)10-19(11)16(20)8-12-2-3-12/h4-7,11-12,15,18H,2-3,8-10H2,1H3/t11-,15-/m1/s1. The molecule has 1 N–H and O–H groups in total. The number of hydrogen-bond acceptors (Lipinski definition) is 2. The molecule has 2 atom stereocenters. The number of halogens is 1. The molecule has 2 fully saturated rings. The van der Waals surface area contributed by atoms with Crippen molar-refractivity contribution >= 4 is 5.91 Å². The lowest BCUT2D eigenvalue weighted by Crippen LogP contribution is -2.53. The topological polar surface area (TPSA) is 32.3 Å². The third kappa shape index (κ3) is 3.01. The molecule has 1 saturated carbocycles. The molecule has 0 aromatic heterocycles. The number of nitrogens with zero attached hydrogens (tertiary/aromatic N) is 1. The fourth-order valence-corrected chi connectivity index (χ4v) is 2.82. The zero-order valence-electron chi connectivity index (χ0n) is 11.8. The number of carbonyl (C=O) groups is 1. The van der Waals surface area contributed by atoms with Gasteiger partial charge in [0.25, 0.3) is 0 Å². The summed E-state index contributed by atoms with van der Waals surface area (Å²) in [4.78, 5) is 14.3. The normalized spacial score (nSPS) is 26.6. The molecule has 108 valence electrons. The minimum Gasteiger partial charge on any atom is -0.337 e. The van der Waals surface area contributed by atoms with E-state index in [9.17, 15) is 9.18 Å². The fourth-order valence-electron chi connectivity index (χ4n) is 2.82. The van der Waals surface area contributed by atoms with Gasteiger partial charge in [-0.05, 0) is 43.4 Å². The molecule has 1 saturated heterocycles. The first kappa shape index (κ1) is 13.6. The maximum atomic E-state index is 13.0. The van der Waals surface area contributed by atoms with Gasteiger partial charge in [0.2, 0.25) is 5.91 Å². The second kappa shape index (κ2) is 5.52. The van der Waals surface area contributed by atoms with Crippen LogP contribution in [0.2, 0.25) is 0 Å². The zero-order valence-corrected chi connectivity index (χ0v) is 11.8. The van der Waals surface area contributed by atoms with E-state index in [4.69, 9.17) is 0 Å². The third-order valence-corrected chi connectivity index (χ3v) is 4.32. The largest absolute Gasteiger partial charge is 0.337 e. The molecule has 1 heterocycles. The van der Waals surface area contributed by atoms with E-state index in [0.717, 1.165) is 12.1 Å². The van der Waals surface area contributed by atoms with Gasteiger partial charge in [-0.15, -0.1) is 0 Å². The molecule has 1 amide bonds. The highest BCUT2D eigenvalue weighted by atomic mass is 19.1. The van der Waals surface area contributed by atoms with Crippen LogP contribution in [-0.2, 0) is 4.79 Å². The summed E-state index contributed by atoms with van der Waals surface area (Å²) in [6.45, 7) is 3.55. The van der Waals surface area contributed by atoms with Crippen LogP contribution in [0.15, 0.2) is 24.3 Å². The number of piperazine rings is 1. The minimum absolute atomic E-state index is 0.106. The van der Waals surface area contributed by atoms with Crippen molar-refractivity contribution in [2.75, 3.05) is 13.1 Å². The average molecular weight is 276 g/mol. The lowest BCUT2D eigenvalue weighted by atomic mass is 10.0. The van der Waals surface area contributed by atoms with Gasteiger partial charge in [-0.1, -0.05) is 12.1 Å². The Morgan fingerprint density at radius 3 is 2.70 bits per heavy atom. The molecular weight excluding hydrogens is 255 g/mol. The number of hydrogen-bond donors (Lipinski definition) is 1. The van der Waals surface area contributed by atoms with Crippen molar-refractivity contribution in [3.8, 4) is 0 Å². The molecule has 1 aromatic rings. The van der Waals surface area contributed by atoms with Gasteiger partial charge in [0.05, 0.1) is 0 Å². The maximum Gasteiger partial charge on any atom is 0.223 e. The highest BCUT2D eigenvalue weighted by molar-refractivity contribution is 5.77. The van der Waals surface area contributed by atoms with Gasteiger partial charge in [-0.2, -0.15) is 0 Å². The van der Waals surface area contributed by atoms with Crippen molar-refractivity contribution < 1.29 is 9.18 Å². The van der Waals surface area contributed by atoms with Gasteiger partial charge < -0.3 is 10.2 Å². The fraction of sp³-hybridized carbons (Fsp3) is 0.562. The van der Waals surface area contributed by atoms with Crippen molar-refractivity contribution in [2.45, 2.75) is 38.3 Å². The van der Waals surface area contributed by atoms with Gasteiger partial charge in [0.15, 0.2) is 0 Å². The molecule has 4 heteroatoms. The summed E-state index contributed by atoms with van der Waals surface area (Å²) in [5.41, 5.74) is 1.04. The highest BCUT2D eigenvalue weighted by Gasteiger charge is 2.32. The van der Waals surface area contributed by atoms with E-state index < -0.39 is 0 Å². The first-order chi connectivity index (χ1) is 9.63. The number of carbonyl (C=O) groups excluding carboxylic acids is 1. The van der Waals surface area contributed by atoms with Gasteiger partial charge in [0.1, 0.15) is 5.82 Å². The van der Waals surface area contributed by atoms with Gasteiger partial charge in [-0.25, -0.2) is 4.39 Å². The lowest BCUT2D eigenvalue weighted by molar-refractivity contribution is -0.135. The minimum atomic E-state index is -0.223. The Labute approximate surface area is 119 Å². The van der Waals surface area contributed by atoms with Crippen molar-refractivity contribution in [3.63, 3.8) is 0 Å². The molecule has 0 bridgehead atoms. The third-order valence-electron chi connectivity index (χ3n) is 4.32. The first-order valence-electron chi connectivity index (χ1n) is 7.42. The molecule has 2 aliphatic rings. The van der Waals surface area contributed by atoms with Crippen LogP contribution in [0.4, 0.5) is 4.39 Å². The Bertz CT molecular complexity index is 484. The number of nitrogens with one attached hydrogen (secondary N) is 1. The smallest absolute Gasteiger partial charge is 0.223 e. The van der Waals surface area contributed by atoms with E-state index in [2.05, 4.69) is 12.2 Å². The maximum absolute atomic E-state index is 13.0. The van der Waals surface area contributed by atoms with Gasteiger partial charge >= 0.3 is 0 Å². The van der Waals surface area contributed by atoms with Crippen LogP contribution in [0.5, 0.6) is 0 Å². The lowest BCUT2D eigenvalue weighted by Gasteiger charge is -2.39. The van der Waals surface area contributed by atoms with E-state index >= 15 is 0 Å². The zero-order chi connectivity index (χ0) is 14.1. The molecule has 1 aliphatic carbocycles. The SMILES string of the molecule is C[C@@H]1CN[C@@H](c2ccc(F)cc2)CN1C(=O)CC1CC1. The summed E-state index contributed by atoms with van der Waals surface area (Å²) >= 11 is 0. The second-order valence-corrected chi connectivity index (χ2v) is 6.06. The summed E-state index contributed by atoms with van der Waals surface area (Å²) < 4.78 is 13.0. The monoisotopic (exact) mass is 276 g/mol. The summed E-state index contributed by atoms with van der Waals surface area (Å²) in [5, 5.41) is 3.44. The van der Waals surface area contributed by atoms with Crippen molar-refractivity contribution in [3.05, 3.63) is 35.6 Å². The molecule has 1 aromatic carbocycles. The molecule has 1 aliphatic heterocycles. The van der Waals surface area contributed by atoms with Crippen molar-refractivity contribution in [2.24, 2.45) is 5.92 Å². The van der Waals surface area contributed by atoms with Crippen LogP contribution < -0.4 is 5.32 Å². The summed E-state index contributed by atoms with van der Waals surface area (Å²) in [5.74, 6) is 0.669. The van der Waals surface area contributed by atoms with E-state index in [1.54, 1.807) is 12.1 Å². The van der Waals surface area contributed by atoms with Crippen LogP contribution >= 0.6 is 0 Å². The first-order valence-corrected chi connectivity index (χ1v) is 7.42. The average Bonchev–Trinajstić information content (AvgIpc) is 3.24. The highest BCUT2D eigenvalue weighted by Crippen LogP contribution is 2.33. The van der Waals surface area contributed by atoms with Crippen LogP contribution in [-0.4, -0.2) is 29.9 Å². The van der Waals surface area contributed by atoms with Gasteiger partial charge in [-0.3, -0.25) is 4.79 Å².